The van der Waals surface area contributed by atoms with Gasteiger partial charge in [-0.15, -0.1) is 0 Å². The van der Waals surface area contributed by atoms with Crippen molar-refractivity contribution in [3.05, 3.63) is 0 Å². The average molecular weight is 173 g/mol. The molecule has 0 amide bonds. The molecule has 0 aromatic carbocycles. The lowest BCUT2D eigenvalue weighted by molar-refractivity contribution is -0.124. The Morgan fingerprint density at radius 1 is 1.50 bits per heavy atom. The van der Waals surface area contributed by atoms with Crippen molar-refractivity contribution in [3.8, 4) is 0 Å². The van der Waals surface area contributed by atoms with Gasteiger partial charge in [-0.25, -0.2) is 0 Å². The minimum Gasteiger partial charge on any atom is -0.385 e. The number of rotatable bonds is 6. The SMILES string of the molecule is CNC(CCOC)C(=O)C(C)C. The normalized spacial score (nSPS) is 13.4. The maximum absolute atomic E-state index is 11.5. The fourth-order valence-electron chi connectivity index (χ4n) is 1.07. The molecular formula is C9H19NO2. The summed E-state index contributed by atoms with van der Waals surface area (Å²) in [6.07, 6.45) is 0.754. The highest BCUT2D eigenvalue weighted by molar-refractivity contribution is 5.85. The monoisotopic (exact) mass is 173 g/mol. The van der Waals surface area contributed by atoms with Crippen molar-refractivity contribution >= 4 is 5.78 Å². The van der Waals surface area contributed by atoms with Crippen LogP contribution < -0.4 is 5.32 Å². The molecule has 1 atom stereocenters. The molecule has 0 aliphatic rings. The molecule has 1 unspecified atom stereocenters. The third kappa shape index (κ3) is 3.83. The van der Waals surface area contributed by atoms with E-state index >= 15 is 0 Å². The molecule has 0 saturated heterocycles. The van der Waals surface area contributed by atoms with Gasteiger partial charge in [-0.3, -0.25) is 4.79 Å². The molecule has 0 aromatic rings. The van der Waals surface area contributed by atoms with Gasteiger partial charge in [-0.05, 0) is 13.5 Å². The number of carbonyl (C=O) groups is 1. The number of ether oxygens (including phenoxy) is 1. The van der Waals surface area contributed by atoms with Crippen LogP contribution in [0.5, 0.6) is 0 Å². The van der Waals surface area contributed by atoms with Gasteiger partial charge in [-0.1, -0.05) is 13.8 Å². The van der Waals surface area contributed by atoms with E-state index in [0.717, 1.165) is 6.42 Å². The van der Waals surface area contributed by atoms with Crippen molar-refractivity contribution in [2.75, 3.05) is 20.8 Å². The highest BCUT2D eigenvalue weighted by Crippen LogP contribution is 2.02. The van der Waals surface area contributed by atoms with Crippen molar-refractivity contribution in [1.82, 2.24) is 5.32 Å². The minimum absolute atomic E-state index is 0.0510. The van der Waals surface area contributed by atoms with Gasteiger partial charge in [0.25, 0.3) is 0 Å². The Labute approximate surface area is 74.5 Å². The highest BCUT2D eigenvalue weighted by atomic mass is 16.5. The van der Waals surface area contributed by atoms with E-state index in [1.54, 1.807) is 14.2 Å². The molecule has 0 aliphatic heterocycles. The second-order valence-electron chi connectivity index (χ2n) is 3.18. The van der Waals surface area contributed by atoms with Gasteiger partial charge in [0.1, 0.15) is 0 Å². The van der Waals surface area contributed by atoms with Gasteiger partial charge in [0.2, 0.25) is 0 Å². The lowest BCUT2D eigenvalue weighted by atomic mass is 10.00. The van der Waals surface area contributed by atoms with Crippen LogP contribution in [0.15, 0.2) is 0 Å². The molecule has 0 saturated carbocycles. The second kappa shape index (κ2) is 6.14. The molecule has 0 rings (SSSR count). The second-order valence-corrected chi connectivity index (χ2v) is 3.18. The first kappa shape index (κ1) is 11.6. The lowest BCUT2D eigenvalue weighted by Crippen LogP contribution is -2.37. The number of Topliss-reactive ketones (excluding diaryl/α,β-unsaturated/α-hetero) is 1. The summed E-state index contributed by atoms with van der Waals surface area (Å²) >= 11 is 0. The number of nitrogens with one attached hydrogen (secondary N) is 1. The summed E-state index contributed by atoms with van der Waals surface area (Å²) in [4.78, 5) is 11.5. The summed E-state index contributed by atoms with van der Waals surface area (Å²) < 4.78 is 4.91. The quantitative estimate of drug-likeness (QED) is 0.646. The van der Waals surface area contributed by atoms with Crippen LogP contribution in [-0.4, -0.2) is 32.6 Å². The van der Waals surface area contributed by atoms with E-state index in [0.29, 0.717) is 6.61 Å². The van der Waals surface area contributed by atoms with Crippen molar-refractivity contribution in [2.45, 2.75) is 26.3 Å². The fraction of sp³-hybridized carbons (Fsp3) is 0.889. The number of hydrogen-bond acceptors (Lipinski definition) is 3. The number of methoxy groups -OCH3 is 1. The summed E-state index contributed by atoms with van der Waals surface area (Å²) in [6.45, 7) is 4.46. The van der Waals surface area contributed by atoms with Gasteiger partial charge in [0, 0.05) is 19.6 Å². The van der Waals surface area contributed by atoms with Crippen LogP contribution in [0.4, 0.5) is 0 Å². The van der Waals surface area contributed by atoms with Crippen LogP contribution in [0.1, 0.15) is 20.3 Å². The Morgan fingerprint density at radius 2 is 2.08 bits per heavy atom. The molecule has 0 aromatic heterocycles. The summed E-state index contributed by atoms with van der Waals surface area (Å²) in [7, 11) is 3.45. The van der Waals surface area contributed by atoms with Gasteiger partial charge in [0.05, 0.1) is 6.04 Å². The van der Waals surface area contributed by atoms with E-state index in [-0.39, 0.29) is 17.7 Å². The van der Waals surface area contributed by atoms with E-state index in [1.807, 2.05) is 13.8 Å². The van der Waals surface area contributed by atoms with Crippen LogP contribution in [0.3, 0.4) is 0 Å². The Kier molecular flexibility index (Phi) is 5.93. The zero-order valence-corrected chi connectivity index (χ0v) is 8.39. The van der Waals surface area contributed by atoms with Crippen molar-refractivity contribution in [1.29, 1.82) is 0 Å². The first-order valence-corrected chi connectivity index (χ1v) is 4.33. The molecule has 3 heteroatoms. The highest BCUT2D eigenvalue weighted by Gasteiger charge is 2.18. The van der Waals surface area contributed by atoms with Crippen molar-refractivity contribution < 1.29 is 9.53 Å². The first-order valence-electron chi connectivity index (χ1n) is 4.33. The average Bonchev–Trinajstić information content (AvgIpc) is 2.05. The topological polar surface area (TPSA) is 38.3 Å². The minimum atomic E-state index is -0.0510. The third-order valence-electron chi connectivity index (χ3n) is 1.87. The van der Waals surface area contributed by atoms with E-state index in [1.165, 1.54) is 0 Å². The predicted octanol–water partition coefficient (Wildman–Crippen LogP) is 0.836. The van der Waals surface area contributed by atoms with Gasteiger partial charge < -0.3 is 10.1 Å². The maximum atomic E-state index is 11.5. The Morgan fingerprint density at radius 3 is 2.42 bits per heavy atom. The molecule has 0 aliphatic carbocycles. The molecule has 72 valence electrons. The summed E-state index contributed by atoms with van der Waals surface area (Å²) in [6, 6.07) is -0.0510. The number of carbonyl (C=O) groups excluding carboxylic acids is 1. The summed E-state index contributed by atoms with van der Waals surface area (Å²) in [5.74, 6) is 0.355. The van der Waals surface area contributed by atoms with Crippen molar-refractivity contribution in [3.63, 3.8) is 0 Å². The van der Waals surface area contributed by atoms with E-state index < -0.39 is 0 Å². The lowest BCUT2D eigenvalue weighted by Gasteiger charge is -2.16. The van der Waals surface area contributed by atoms with Crippen LogP contribution in [-0.2, 0) is 9.53 Å². The van der Waals surface area contributed by atoms with Crippen LogP contribution in [0.25, 0.3) is 0 Å². The van der Waals surface area contributed by atoms with Crippen molar-refractivity contribution in [2.24, 2.45) is 5.92 Å². The molecule has 0 heterocycles. The third-order valence-corrected chi connectivity index (χ3v) is 1.87. The molecule has 0 spiro atoms. The Hall–Kier alpha value is -0.410. The molecule has 0 bridgehead atoms. The Bertz CT molecular complexity index is 134. The van der Waals surface area contributed by atoms with Crippen LogP contribution in [0, 0.1) is 5.92 Å². The van der Waals surface area contributed by atoms with E-state index in [9.17, 15) is 4.79 Å². The molecule has 0 radical (unpaired) electrons. The largest absolute Gasteiger partial charge is 0.385 e. The molecule has 1 N–H and O–H groups in total. The zero-order valence-electron chi connectivity index (χ0n) is 8.39. The smallest absolute Gasteiger partial charge is 0.152 e. The fourth-order valence-corrected chi connectivity index (χ4v) is 1.07. The molecular weight excluding hydrogens is 154 g/mol. The van der Waals surface area contributed by atoms with Gasteiger partial charge in [0.15, 0.2) is 5.78 Å². The van der Waals surface area contributed by atoms with Crippen LogP contribution in [0.2, 0.25) is 0 Å². The standard InChI is InChI=1S/C9H19NO2/c1-7(2)9(11)8(10-3)5-6-12-4/h7-8,10H,5-6H2,1-4H3. The van der Waals surface area contributed by atoms with E-state index in [2.05, 4.69) is 5.32 Å². The number of likely N-dealkylation sites (N-methyl/N-ethyl adjacent to an activating group) is 1. The molecule has 0 fully saturated rings. The zero-order chi connectivity index (χ0) is 9.56. The predicted molar refractivity (Wildman–Crippen MR) is 49.2 cm³/mol. The number of hydrogen-bond donors (Lipinski definition) is 1. The summed E-state index contributed by atoms with van der Waals surface area (Å²) in [5.41, 5.74) is 0. The van der Waals surface area contributed by atoms with Gasteiger partial charge in [-0.2, -0.15) is 0 Å². The Balaban J connectivity index is 3.88. The summed E-state index contributed by atoms with van der Waals surface area (Å²) in [5, 5.41) is 2.99. The molecule has 12 heavy (non-hydrogen) atoms. The van der Waals surface area contributed by atoms with Gasteiger partial charge >= 0.3 is 0 Å². The van der Waals surface area contributed by atoms with Crippen LogP contribution >= 0.6 is 0 Å². The molecule has 3 nitrogen and oxygen atoms in total. The van der Waals surface area contributed by atoms with E-state index in [4.69, 9.17) is 4.74 Å². The number of ketones is 1. The maximum Gasteiger partial charge on any atom is 0.152 e. The first-order chi connectivity index (χ1) is 5.63.